The third-order valence-corrected chi connectivity index (χ3v) is 3.41. The van der Waals surface area contributed by atoms with Gasteiger partial charge in [0.05, 0.1) is 24.0 Å². The number of nitrogens with one attached hydrogen (secondary N) is 1. The van der Waals surface area contributed by atoms with Crippen molar-refractivity contribution in [2.45, 2.75) is 13.0 Å². The lowest BCUT2D eigenvalue weighted by Crippen LogP contribution is -2.33. The molecule has 0 saturated carbocycles. The maximum atomic E-state index is 11.9. The number of ether oxygens (including phenoxy) is 2. The molecule has 0 spiro atoms. The van der Waals surface area contributed by atoms with Gasteiger partial charge < -0.3 is 9.47 Å². The Hall–Kier alpha value is -2.50. The molecule has 0 atom stereocenters. The van der Waals surface area contributed by atoms with Crippen molar-refractivity contribution in [2.24, 2.45) is 0 Å². The van der Waals surface area contributed by atoms with Gasteiger partial charge in [-0.05, 0) is 24.1 Å². The molecule has 1 aliphatic heterocycles. The molecule has 20 heavy (non-hydrogen) atoms. The number of benzene rings is 1. The van der Waals surface area contributed by atoms with Crippen LogP contribution in [-0.4, -0.2) is 23.7 Å². The number of aryl methyl sites for hydroxylation is 1. The number of fused-ring (bicyclic) bond motifs is 3. The molecule has 3 rings (SSSR count). The molecule has 6 nitrogen and oxygen atoms in total. The second kappa shape index (κ2) is 4.56. The monoisotopic (exact) mass is 277 g/mol. The molecule has 1 aliphatic rings. The number of H-pyrrole nitrogens is 1. The molecular formula is C14H14N2O4. The van der Waals surface area contributed by atoms with Gasteiger partial charge in [0.2, 0.25) is 0 Å². The number of aromatic amines is 1. The number of methoxy groups -OCH3 is 2. The zero-order valence-electron chi connectivity index (χ0n) is 13.7. The minimum absolute atomic E-state index is 0.0347. The van der Waals surface area contributed by atoms with Gasteiger partial charge >= 0.3 is 5.69 Å². The number of hydrogen-bond acceptors (Lipinski definition) is 4. The molecular weight excluding hydrogens is 260 g/mol. The second-order valence-corrected chi connectivity index (χ2v) is 4.49. The molecule has 0 bridgehead atoms. The molecule has 6 heteroatoms. The van der Waals surface area contributed by atoms with E-state index in [1.54, 1.807) is 6.07 Å². The highest BCUT2D eigenvalue weighted by molar-refractivity contribution is 5.69. The van der Waals surface area contributed by atoms with Gasteiger partial charge in [-0.3, -0.25) is 14.3 Å². The summed E-state index contributed by atoms with van der Waals surface area (Å²) in [7, 11) is -1.22. The van der Waals surface area contributed by atoms with E-state index in [4.69, 9.17) is 13.6 Å². The van der Waals surface area contributed by atoms with Crippen LogP contribution in [0.3, 0.4) is 0 Å². The van der Waals surface area contributed by atoms with Gasteiger partial charge in [-0.1, -0.05) is 0 Å². The number of aromatic nitrogens is 2. The minimum atomic E-state index is -2.63. The van der Waals surface area contributed by atoms with Crippen LogP contribution >= 0.6 is 0 Å². The Morgan fingerprint density at radius 3 is 2.80 bits per heavy atom. The molecule has 1 aromatic heterocycles. The summed E-state index contributed by atoms with van der Waals surface area (Å²) >= 11 is 0. The third kappa shape index (κ3) is 1.80. The summed E-state index contributed by atoms with van der Waals surface area (Å²) in [6, 6.07) is 4.47. The number of rotatable bonds is 2. The van der Waals surface area contributed by atoms with Crippen molar-refractivity contribution in [2.75, 3.05) is 14.1 Å². The molecule has 0 unspecified atom stereocenters. The molecule has 2 heterocycles. The van der Waals surface area contributed by atoms with Crippen LogP contribution in [-0.2, 0) is 13.0 Å². The summed E-state index contributed by atoms with van der Waals surface area (Å²) in [4.78, 5) is 25.7. The van der Waals surface area contributed by atoms with Crippen molar-refractivity contribution in [1.29, 1.82) is 0 Å². The third-order valence-electron chi connectivity index (χ3n) is 3.41. The maximum Gasteiger partial charge on any atom is 0.328 e. The first-order valence-electron chi connectivity index (χ1n) is 7.53. The first-order chi connectivity index (χ1) is 10.8. The van der Waals surface area contributed by atoms with Crippen LogP contribution in [0.15, 0.2) is 27.8 Å². The Kier molecular flexibility index (Phi) is 2.14. The Morgan fingerprint density at radius 2 is 2.05 bits per heavy atom. The highest BCUT2D eigenvalue weighted by Gasteiger charge is 2.20. The lowest BCUT2D eigenvalue weighted by Gasteiger charge is -2.22. The fraction of sp³-hybridized carbons (Fsp3) is 0.286. The van der Waals surface area contributed by atoms with Crippen LogP contribution in [0.4, 0.5) is 0 Å². The summed E-state index contributed by atoms with van der Waals surface area (Å²) < 4.78 is 33.3. The molecule has 1 aromatic carbocycles. The Balaban J connectivity index is 2.23. The van der Waals surface area contributed by atoms with E-state index in [1.165, 1.54) is 23.8 Å². The van der Waals surface area contributed by atoms with Crippen LogP contribution in [0.1, 0.15) is 9.68 Å². The molecule has 104 valence electrons. The average Bonchev–Trinajstić information content (AvgIpc) is 2.44. The second-order valence-electron chi connectivity index (χ2n) is 4.49. The Morgan fingerprint density at radius 1 is 1.25 bits per heavy atom. The van der Waals surface area contributed by atoms with Gasteiger partial charge in [0.1, 0.15) is 0 Å². The average molecular weight is 277 g/mol. The topological polar surface area (TPSA) is 73.3 Å². The van der Waals surface area contributed by atoms with Gasteiger partial charge in [-0.2, -0.15) is 0 Å². The van der Waals surface area contributed by atoms with Gasteiger partial charge in [-0.15, -0.1) is 0 Å². The minimum Gasteiger partial charge on any atom is -0.493 e. The summed E-state index contributed by atoms with van der Waals surface area (Å²) in [5, 5.41) is 0. The smallest absolute Gasteiger partial charge is 0.328 e. The van der Waals surface area contributed by atoms with Gasteiger partial charge in [0.25, 0.3) is 5.56 Å². The van der Waals surface area contributed by atoms with E-state index >= 15 is 0 Å². The summed E-state index contributed by atoms with van der Waals surface area (Å²) in [5.41, 5.74) is 0.859. The quantitative estimate of drug-likeness (QED) is 0.880. The SMILES string of the molecule is [2H]C([2H])([2H])Oc1cc2c(cc1OC)CCn1c-2cc(=O)[nH]c1=O. The maximum absolute atomic E-state index is 11.9. The van der Waals surface area contributed by atoms with Crippen molar-refractivity contribution in [1.82, 2.24) is 9.55 Å². The van der Waals surface area contributed by atoms with Crippen LogP contribution in [0, 0.1) is 0 Å². The first-order valence-corrected chi connectivity index (χ1v) is 6.03. The van der Waals surface area contributed by atoms with E-state index < -0.39 is 18.3 Å². The fourth-order valence-electron chi connectivity index (χ4n) is 2.48. The summed E-state index contributed by atoms with van der Waals surface area (Å²) in [6.45, 7) is 0.417. The van der Waals surface area contributed by atoms with Crippen molar-refractivity contribution < 1.29 is 13.6 Å². The van der Waals surface area contributed by atoms with Gasteiger partial charge in [0.15, 0.2) is 11.5 Å². The normalized spacial score (nSPS) is 15.3. The molecule has 0 saturated heterocycles. The predicted octanol–water partition coefficient (Wildman–Crippen LogP) is 0.777. The van der Waals surface area contributed by atoms with Crippen LogP contribution in [0.25, 0.3) is 11.3 Å². The summed E-state index contributed by atoms with van der Waals surface area (Å²) in [5.74, 6) is 0.327. The predicted molar refractivity (Wildman–Crippen MR) is 73.6 cm³/mol. The fourth-order valence-corrected chi connectivity index (χ4v) is 2.48. The van der Waals surface area contributed by atoms with E-state index in [-0.39, 0.29) is 5.75 Å². The van der Waals surface area contributed by atoms with Crippen molar-refractivity contribution in [3.63, 3.8) is 0 Å². The van der Waals surface area contributed by atoms with Crippen LogP contribution < -0.4 is 20.7 Å². The first kappa shape index (κ1) is 9.41. The van der Waals surface area contributed by atoms with E-state index in [9.17, 15) is 9.59 Å². The largest absolute Gasteiger partial charge is 0.493 e. The number of nitrogens with zero attached hydrogens (tertiary/aromatic N) is 1. The van der Waals surface area contributed by atoms with E-state index in [2.05, 4.69) is 4.98 Å². The van der Waals surface area contributed by atoms with E-state index in [0.717, 1.165) is 5.56 Å². The Labute approximate surface area is 118 Å². The zero-order chi connectivity index (χ0) is 16.8. The zero-order valence-corrected chi connectivity index (χ0v) is 10.7. The number of hydrogen-bond donors (Lipinski definition) is 1. The lowest BCUT2D eigenvalue weighted by atomic mass is 9.97. The highest BCUT2D eigenvalue weighted by Crippen LogP contribution is 2.37. The summed E-state index contributed by atoms with van der Waals surface area (Å²) in [6.07, 6.45) is 0.554. The van der Waals surface area contributed by atoms with Crippen LogP contribution in [0.5, 0.6) is 11.5 Å². The Bertz CT molecular complexity index is 883. The standard InChI is InChI=1S/C14H14N2O4/c1-19-11-5-8-3-4-16-10(7-13(17)15-14(16)18)9(8)6-12(11)20-2/h5-7H,3-4H2,1-2H3,(H,15,17,18)/i2D3. The van der Waals surface area contributed by atoms with E-state index in [1.807, 2.05) is 0 Å². The van der Waals surface area contributed by atoms with Crippen molar-refractivity contribution >= 4 is 0 Å². The lowest BCUT2D eigenvalue weighted by molar-refractivity contribution is 0.354. The molecule has 0 fully saturated rings. The van der Waals surface area contributed by atoms with E-state index in [0.29, 0.717) is 30.0 Å². The van der Waals surface area contributed by atoms with Crippen LogP contribution in [0.2, 0.25) is 0 Å². The molecule has 2 aromatic rings. The molecule has 0 aliphatic carbocycles. The molecule has 0 amide bonds. The molecule has 1 N–H and O–H groups in total. The van der Waals surface area contributed by atoms with Crippen molar-refractivity contribution in [3.8, 4) is 22.8 Å². The highest BCUT2D eigenvalue weighted by atomic mass is 16.5. The van der Waals surface area contributed by atoms with Gasteiger partial charge in [0, 0.05) is 18.2 Å². The van der Waals surface area contributed by atoms with Gasteiger partial charge in [-0.25, -0.2) is 4.79 Å². The van der Waals surface area contributed by atoms with Crippen molar-refractivity contribution in [3.05, 3.63) is 44.6 Å². The molecule has 0 radical (unpaired) electrons.